The summed E-state index contributed by atoms with van der Waals surface area (Å²) in [5.41, 5.74) is 1.02. The van der Waals surface area contributed by atoms with E-state index in [9.17, 15) is 14.7 Å². The van der Waals surface area contributed by atoms with Crippen LogP contribution in [0.5, 0.6) is 0 Å². The third-order valence-electron chi connectivity index (χ3n) is 3.70. The lowest BCUT2D eigenvalue weighted by molar-refractivity contribution is -0.126. The van der Waals surface area contributed by atoms with Gasteiger partial charge in [-0.1, -0.05) is 44.2 Å². The van der Waals surface area contributed by atoms with Crippen molar-refractivity contribution in [2.24, 2.45) is 5.92 Å². The highest BCUT2D eigenvalue weighted by atomic mass is 16.3. The van der Waals surface area contributed by atoms with E-state index in [1.54, 1.807) is 0 Å². The fourth-order valence-corrected chi connectivity index (χ4v) is 2.48. The second kappa shape index (κ2) is 9.62. The Morgan fingerprint density at radius 1 is 1.12 bits per heavy atom. The summed E-state index contributed by atoms with van der Waals surface area (Å²) in [6.07, 6.45) is 3.98. The molecule has 0 bridgehead atoms. The SMILES string of the molecule is CC(C)CC(O)NC(=O)C(Cc1ccccc1)NC(=O)c1cnccn1. The summed E-state index contributed by atoms with van der Waals surface area (Å²) < 4.78 is 0. The molecule has 3 N–H and O–H groups in total. The van der Waals surface area contributed by atoms with Gasteiger partial charge in [0.25, 0.3) is 5.91 Å². The molecule has 0 spiro atoms. The smallest absolute Gasteiger partial charge is 0.272 e. The zero-order chi connectivity index (χ0) is 18.9. The molecule has 2 atom stereocenters. The molecule has 138 valence electrons. The van der Waals surface area contributed by atoms with E-state index in [1.807, 2.05) is 44.2 Å². The average molecular weight is 356 g/mol. The Morgan fingerprint density at radius 2 is 1.85 bits per heavy atom. The van der Waals surface area contributed by atoms with Crippen LogP contribution in [0.4, 0.5) is 0 Å². The minimum atomic E-state index is -0.964. The van der Waals surface area contributed by atoms with E-state index in [0.717, 1.165) is 5.56 Å². The number of hydrogen-bond donors (Lipinski definition) is 3. The molecule has 1 aromatic carbocycles. The lowest BCUT2D eigenvalue weighted by atomic mass is 10.0. The molecule has 2 aromatic rings. The van der Waals surface area contributed by atoms with E-state index in [4.69, 9.17) is 0 Å². The summed E-state index contributed by atoms with van der Waals surface area (Å²) in [5.74, 6) is -0.709. The molecule has 0 saturated carbocycles. The zero-order valence-corrected chi connectivity index (χ0v) is 14.9. The van der Waals surface area contributed by atoms with E-state index in [0.29, 0.717) is 12.8 Å². The Bertz CT molecular complexity index is 707. The molecule has 2 rings (SSSR count). The molecule has 0 saturated heterocycles. The topological polar surface area (TPSA) is 104 Å². The number of carbonyl (C=O) groups is 2. The van der Waals surface area contributed by atoms with Gasteiger partial charge in [0.2, 0.25) is 5.91 Å². The minimum absolute atomic E-state index is 0.126. The number of aliphatic hydroxyl groups is 1. The molecule has 0 aliphatic rings. The van der Waals surface area contributed by atoms with Gasteiger partial charge >= 0.3 is 0 Å². The van der Waals surface area contributed by atoms with Crippen molar-refractivity contribution >= 4 is 11.8 Å². The van der Waals surface area contributed by atoms with Gasteiger partial charge in [-0.15, -0.1) is 0 Å². The first kappa shape index (κ1) is 19.5. The van der Waals surface area contributed by atoms with Crippen LogP contribution in [0.15, 0.2) is 48.9 Å². The Hall–Kier alpha value is -2.80. The van der Waals surface area contributed by atoms with Gasteiger partial charge in [0.05, 0.1) is 6.20 Å². The average Bonchev–Trinajstić information content (AvgIpc) is 2.62. The molecule has 2 unspecified atom stereocenters. The molecule has 7 heteroatoms. The van der Waals surface area contributed by atoms with Crippen LogP contribution in [-0.2, 0) is 11.2 Å². The highest BCUT2D eigenvalue weighted by molar-refractivity contribution is 5.96. The first-order chi connectivity index (χ1) is 12.5. The first-order valence-corrected chi connectivity index (χ1v) is 8.55. The van der Waals surface area contributed by atoms with Crippen LogP contribution in [0.25, 0.3) is 0 Å². The van der Waals surface area contributed by atoms with Gasteiger partial charge in [-0.05, 0) is 17.9 Å². The fourth-order valence-electron chi connectivity index (χ4n) is 2.48. The highest BCUT2D eigenvalue weighted by Crippen LogP contribution is 2.07. The Morgan fingerprint density at radius 3 is 2.46 bits per heavy atom. The third kappa shape index (κ3) is 6.25. The van der Waals surface area contributed by atoms with Crippen LogP contribution < -0.4 is 10.6 Å². The number of aromatic nitrogens is 2. The van der Waals surface area contributed by atoms with Crippen molar-refractivity contribution in [1.82, 2.24) is 20.6 Å². The normalized spacial score (nSPS) is 13.1. The predicted octanol–water partition coefficient (Wildman–Crippen LogP) is 1.30. The Labute approximate surface area is 152 Å². The van der Waals surface area contributed by atoms with E-state index in [-0.39, 0.29) is 11.6 Å². The van der Waals surface area contributed by atoms with Crippen molar-refractivity contribution in [2.75, 3.05) is 0 Å². The predicted molar refractivity (Wildman–Crippen MR) is 97.0 cm³/mol. The van der Waals surface area contributed by atoms with Gasteiger partial charge in [0.15, 0.2) is 0 Å². The van der Waals surface area contributed by atoms with E-state index in [1.165, 1.54) is 18.6 Å². The molecule has 0 aliphatic carbocycles. The van der Waals surface area contributed by atoms with Crippen LogP contribution in [0.3, 0.4) is 0 Å². The zero-order valence-electron chi connectivity index (χ0n) is 14.9. The molecule has 2 amide bonds. The summed E-state index contributed by atoms with van der Waals surface area (Å²) >= 11 is 0. The largest absolute Gasteiger partial charge is 0.374 e. The Kier molecular flexibility index (Phi) is 7.23. The van der Waals surface area contributed by atoms with Gasteiger partial charge in [-0.2, -0.15) is 0 Å². The molecular formula is C19H24N4O3. The fraction of sp³-hybridized carbons (Fsp3) is 0.368. The van der Waals surface area contributed by atoms with Gasteiger partial charge in [0, 0.05) is 18.8 Å². The van der Waals surface area contributed by atoms with Crippen molar-refractivity contribution in [1.29, 1.82) is 0 Å². The molecule has 0 aliphatic heterocycles. The molecule has 7 nitrogen and oxygen atoms in total. The first-order valence-electron chi connectivity index (χ1n) is 8.55. The number of nitrogens with one attached hydrogen (secondary N) is 2. The standard InChI is InChI=1S/C19H24N4O3/c1-13(2)10-17(24)23-18(25)15(11-14-6-4-3-5-7-14)22-19(26)16-12-20-8-9-21-16/h3-9,12-13,15,17,24H,10-11H2,1-2H3,(H,22,26)(H,23,25). The molecule has 0 fully saturated rings. The number of aliphatic hydroxyl groups excluding tert-OH is 1. The second-order valence-electron chi connectivity index (χ2n) is 6.46. The maximum atomic E-state index is 12.6. The summed E-state index contributed by atoms with van der Waals surface area (Å²) in [6.45, 7) is 3.90. The molecule has 0 radical (unpaired) electrons. The maximum Gasteiger partial charge on any atom is 0.272 e. The summed E-state index contributed by atoms with van der Waals surface area (Å²) in [4.78, 5) is 32.7. The monoisotopic (exact) mass is 356 g/mol. The minimum Gasteiger partial charge on any atom is -0.374 e. The third-order valence-corrected chi connectivity index (χ3v) is 3.70. The summed E-state index contributed by atoms with van der Waals surface area (Å²) in [5, 5.41) is 15.2. The van der Waals surface area contributed by atoms with Crippen LogP contribution in [0.2, 0.25) is 0 Å². The summed E-state index contributed by atoms with van der Waals surface area (Å²) in [7, 11) is 0. The van der Waals surface area contributed by atoms with Gasteiger partial charge < -0.3 is 15.7 Å². The maximum absolute atomic E-state index is 12.6. The quantitative estimate of drug-likeness (QED) is 0.619. The van der Waals surface area contributed by atoms with Crippen molar-refractivity contribution < 1.29 is 14.7 Å². The number of carbonyl (C=O) groups excluding carboxylic acids is 2. The van der Waals surface area contributed by atoms with Gasteiger partial charge in [-0.25, -0.2) is 4.98 Å². The number of rotatable bonds is 8. The highest BCUT2D eigenvalue weighted by Gasteiger charge is 2.24. The lowest BCUT2D eigenvalue weighted by Crippen LogP contribution is -2.51. The molecular weight excluding hydrogens is 332 g/mol. The lowest BCUT2D eigenvalue weighted by Gasteiger charge is -2.21. The molecule has 1 aromatic heterocycles. The number of amides is 2. The van der Waals surface area contributed by atoms with E-state index < -0.39 is 24.1 Å². The van der Waals surface area contributed by atoms with Gasteiger partial charge in [-0.3, -0.25) is 14.6 Å². The van der Waals surface area contributed by atoms with Crippen molar-refractivity contribution in [3.05, 3.63) is 60.2 Å². The van der Waals surface area contributed by atoms with Crippen LogP contribution >= 0.6 is 0 Å². The molecule has 1 heterocycles. The van der Waals surface area contributed by atoms with Crippen LogP contribution in [0, 0.1) is 5.92 Å². The van der Waals surface area contributed by atoms with Crippen LogP contribution in [-0.4, -0.2) is 39.2 Å². The summed E-state index contributed by atoms with van der Waals surface area (Å²) in [6, 6.07) is 8.51. The Balaban J connectivity index is 2.10. The van der Waals surface area contributed by atoms with Crippen molar-refractivity contribution in [2.45, 2.75) is 39.0 Å². The second-order valence-corrected chi connectivity index (χ2v) is 6.46. The number of hydrogen-bond acceptors (Lipinski definition) is 5. The van der Waals surface area contributed by atoms with E-state index >= 15 is 0 Å². The van der Waals surface area contributed by atoms with Crippen molar-refractivity contribution in [3.8, 4) is 0 Å². The van der Waals surface area contributed by atoms with Crippen LogP contribution in [0.1, 0.15) is 36.3 Å². The van der Waals surface area contributed by atoms with Gasteiger partial charge in [0.1, 0.15) is 18.0 Å². The van der Waals surface area contributed by atoms with Crippen molar-refractivity contribution in [3.63, 3.8) is 0 Å². The number of nitrogens with zero attached hydrogens (tertiary/aromatic N) is 2. The number of benzene rings is 1. The molecule has 26 heavy (non-hydrogen) atoms. The van der Waals surface area contributed by atoms with E-state index in [2.05, 4.69) is 20.6 Å².